The van der Waals surface area contributed by atoms with Crippen LogP contribution in [0, 0.1) is 46.3 Å². The molecule has 0 bridgehead atoms. The summed E-state index contributed by atoms with van der Waals surface area (Å²) < 4.78 is 13.2. The van der Waals surface area contributed by atoms with Crippen molar-refractivity contribution in [3.8, 4) is 0 Å². The minimum Gasteiger partial charge on any atom is -0.393 e. The van der Waals surface area contributed by atoms with Gasteiger partial charge in [-0.25, -0.2) is 0 Å². The minimum atomic E-state index is -0.419. The van der Waals surface area contributed by atoms with Gasteiger partial charge in [-0.15, -0.1) is 0 Å². The van der Waals surface area contributed by atoms with Crippen LogP contribution in [0.2, 0.25) is 0 Å². The first-order valence-electron chi connectivity index (χ1n) is 13.1. The largest absolute Gasteiger partial charge is 0.393 e. The highest BCUT2D eigenvalue weighted by Gasteiger charge is 2.71. The molecule has 2 N–H and O–H groups in total. The molecule has 2 unspecified atom stereocenters. The summed E-state index contributed by atoms with van der Waals surface area (Å²) in [5, 5.41) is 22.0. The molecule has 31 heavy (non-hydrogen) atoms. The zero-order valence-electron chi connectivity index (χ0n) is 19.8. The van der Waals surface area contributed by atoms with E-state index >= 15 is 0 Å². The van der Waals surface area contributed by atoms with Gasteiger partial charge < -0.3 is 19.7 Å². The molecular weight excluding hydrogens is 388 g/mol. The topological polar surface area (TPSA) is 58.9 Å². The Bertz CT molecular complexity index is 769. The van der Waals surface area contributed by atoms with E-state index in [0.717, 1.165) is 51.6 Å². The standard InChI is InChI=1S/C27H42O4/c1-15-7-10-27(30-14-15)16(2)24-22(31-27)12-21-19-6-5-17-11-18(28)8-9-25(17,3)20(19)13-23(29)26(21,24)4/h5,15-16,18-24,28-29H,6-14H2,1-4H3/t15-,16+,18+,19-,20+,21?,22+,23-,24?,25+,26-,27-/m1/s1. The zero-order valence-corrected chi connectivity index (χ0v) is 19.8. The van der Waals surface area contributed by atoms with Gasteiger partial charge in [0.25, 0.3) is 0 Å². The summed E-state index contributed by atoms with van der Waals surface area (Å²) in [5.74, 6) is 2.58. The minimum absolute atomic E-state index is 0.0863. The molecule has 2 heterocycles. The second kappa shape index (κ2) is 6.81. The van der Waals surface area contributed by atoms with Crippen LogP contribution >= 0.6 is 0 Å². The van der Waals surface area contributed by atoms with Crippen LogP contribution in [-0.2, 0) is 9.47 Å². The lowest BCUT2D eigenvalue weighted by Gasteiger charge is -2.60. The summed E-state index contributed by atoms with van der Waals surface area (Å²) in [4.78, 5) is 0. The molecule has 12 atom stereocenters. The van der Waals surface area contributed by atoms with Gasteiger partial charge in [-0.2, -0.15) is 0 Å². The van der Waals surface area contributed by atoms with Gasteiger partial charge in [-0.1, -0.05) is 39.3 Å². The quantitative estimate of drug-likeness (QED) is 0.548. The molecule has 4 nitrogen and oxygen atoms in total. The van der Waals surface area contributed by atoms with Crippen LogP contribution in [0.25, 0.3) is 0 Å². The lowest BCUT2D eigenvalue weighted by molar-refractivity contribution is -0.273. The summed E-state index contributed by atoms with van der Waals surface area (Å²) in [7, 11) is 0. The van der Waals surface area contributed by atoms with E-state index in [4.69, 9.17) is 9.47 Å². The molecule has 6 rings (SSSR count). The molecule has 1 spiro atoms. The maximum absolute atomic E-state index is 11.8. The van der Waals surface area contributed by atoms with Crippen LogP contribution < -0.4 is 0 Å². The molecule has 6 aliphatic rings. The Hall–Kier alpha value is -0.420. The normalized spacial score (nSPS) is 60.7. The Labute approximate surface area is 187 Å². The summed E-state index contributed by atoms with van der Waals surface area (Å²) in [6.45, 7) is 10.2. The van der Waals surface area contributed by atoms with Crippen LogP contribution in [0.5, 0.6) is 0 Å². The first kappa shape index (κ1) is 21.1. The van der Waals surface area contributed by atoms with Crippen LogP contribution in [-0.4, -0.2) is 40.9 Å². The maximum atomic E-state index is 11.8. The van der Waals surface area contributed by atoms with Crippen molar-refractivity contribution in [2.45, 2.75) is 103 Å². The second-order valence-corrected chi connectivity index (χ2v) is 12.7. The highest BCUT2D eigenvalue weighted by molar-refractivity contribution is 5.27. The Morgan fingerprint density at radius 2 is 1.84 bits per heavy atom. The monoisotopic (exact) mass is 430 g/mol. The van der Waals surface area contributed by atoms with Crippen molar-refractivity contribution in [2.75, 3.05) is 6.61 Å². The van der Waals surface area contributed by atoms with Gasteiger partial charge in [0, 0.05) is 23.7 Å². The highest BCUT2D eigenvalue weighted by Crippen LogP contribution is 2.70. The number of allylic oxidation sites excluding steroid dienone is 1. The number of hydrogen-bond acceptors (Lipinski definition) is 4. The predicted molar refractivity (Wildman–Crippen MR) is 119 cm³/mol. The number of rotatable bonds is 0. The Kier molecular flexibility index (Phi) is 4.64. The van der Waals surface area contributed by atoms with Crippen molar-refractivity contribution in [3.05, 3.63) is 11.6 Å². The molecule has 2 aliphatic heterocycles. The first-order chi connectivity index (χ1) is 14.7. The van der Waals surface area contributed by atoms with Gasteiger partial charge >= 0.3 is 0 Å². The van der Waals surface area contributed by atoms with E-state index in [1.807, 2.05) is 0 Å². The maximum Gasteiger partial charge on any atom is 0.171 e. The highest BCUT2D eigenvalue weighted by atomic mass is 16.7. The Morgan fingerprint density at radius 1 is 1.03 bits per heavy atom. The van der Waals surface area contributed by atoms with Gasteiger partial charge in [-0.05, 0) is 74.0 Å². The van der Waals surface area contributed by atoms with E-state index in [2.05, 4.69) is 33.8 Å². The molecule has 0 aromatic rings. The second-order valence-electron chi connectivity index (χ2n) is 12.7. The summed E-state index contributed by atoms with van der Waals surface area (Å²) in [6.07, 6.45) is 10.3. The molecule has 2 saturated heterocycles. The molecular formula is C27H42O4. The fraction of sp³-hybridized carbons (Fsp3) is 0.926. The van der Waals surface area contributed by atoms with Crippen LogP contribution in [0.1, 0.15) is 79.1 Å². The van der Waals surface area contributed by atoms with Crippen molar-refractivity contribution in [1.29, 1.82) is 0 Å². The third-order valence-corrected chi connectivity index (χ3v) is 11.5. The van der Waals surface area contributed by atoms with E-state index in [0.29, 0.717) is 35.5 Å². The summed E-state index contributed by atoms with van der Waals surface area (Å²) in [5.41, 5.74) is 1.53. The Morgan fingerprint density at radius 3 is 2.58 bits per heavy atom. The van der Waals surface area contributed by atoms with Gasteiger partial charge in [0.1, 0.15) is 0 Å². The Balaban J connectivity index is 1.32. The molecule has 5 fully saturated rings. The van der Waals surface area contributed by atoms with Gasteiger partial charge in [0.2, 0.25) is 0 Å². The number of fused-ring (bicyclic) bond motifs is 7. The van der Waals surface area contributed by atoms with Crippen molar-refractivity contribution < 1.29 is 19.7 Å². The molecule has 3 saturated carbocycles. The lowest BCUT2D eigenvalue weighted by atomic mass is 9.46. The van der Waals surface area contributed by atoms with Crippen molar-refractivity contribution in [1.82, 2.24) is 0 Å². The molecule has 4 aliphatic carbocycles. The first-order valence-corrected chi connectivity index (χ1v) is 13.1. The summed E-state index contributed by atoms with van der Waals surface area (Å²) in [6, 6.07) is 0. The van der Waals surface area contributed by atoms with Gasteiger partial charge in [-0.3, -0.25) is 0 Å². The molecule has 0 aromatic carbocycles. The van der Waals surface area contributed by atoms with Crippen molar-refractivity contribution >= 4 is 0 Å². The zero-order chi connectivity index (χ0) is 21.8. The third-order valence-electron chi connectivity index (χ3n) is 11.5. The van der Waals surface area contributed by atoms with Crippen LogP contribution in [0.3, 0.4) is 0 Å². The molecule has 174 valence electrons. The summed E-state index contributed by atoms with van der Waals surface area (Å²) >= 11 is 0. The molecule has 0 radical (unpaired) electrons. The van der Waals surface area contributed by atoms with Crippen LogP contribution in [0.4, 0.5) is 0 Å². The van der Waals surface area contributed by atoms with Gasteiger partial charge in [0.15, 0.2) is 5.79 Å². The molecule has 0 aromatic heterocycles. The van der Waals surface area contributed by atoms with Crippen molar-refractivity contribution in [2.24, 2.45) is 46.3 Å². The fourth-order valence-electron chi connectivity index (χ4n) is 9.61. The molecule has 4 heteroatoms. The van der Waals surface area contributed by atoms with E-state index in [9.17, 15) is 10.2 Å². The fourth-order valence-corrected chi connectivity index (χ4v) is 9.61. The SMILES string of the molecule is C[C@@H]1CC[C@@]2(OC1)O[C@H]1CC3[C@@H]4CC=C5C[C@@H](O)CC[C@]5(C)[C@H]4C[C@@H](O)[C@]3(C)C1[C@@H]2C. The smallest absolute Gasteiger partial charge is 0.171 e. The molecule has 0 amide bonds. The van der Waals surface area contributed by atoms with Crippen LogP contribution in [0.15, 0.2) is 11.6 Å². The lowest BCUT2D eigenvalue weighted by Crippen LogP contribution is -2.57. The average Bonchev–Trinajstić information content (AvgIpc) is 3.18. The van der Waals surface area contributed by atoms with E-state index in [1.54, 1.807) is 0 Å². The number of hydrogen-bond donors (Lipinski definition) is 2. The predicted octanol–water partition coefficient (Wildman–Crippen LogP) is 4.68. The average molecular weight is 431 g/mol. The van der Waals surface area contributed by atoms with E-state index in [-0.39, 0.29) is 29.1 Å². The number of aliphatic hydroxyl groups is 2. The van der Waals surface area contributed by atoms with E-state index < -0.39 is 5.79 Å². The van der Waals surface area contributed by atoms with Crippen molar-refractivity contribution in [3.63, 3.8) is 0 Å². The number of aliphatic hydroxyl groups excluding tert-OH is 2. The van der Waals surface area contributed by atoms with E-state index in [1.165, 1.54) is 12.0 Å². The third kappa shape index (κ3) is 2.68. The number of ether oxygens (including phenoxy) is 2. The van der Waals surface area contributed by atoms with Gasteiger partial charge in [0.05, 0.1) is 24.9 Å².